The molecule has 0 aliphatic heterocycles. The second-order valence-corrected chi connectivity index (χ2v) is 3.30. The molecule has 0 aliphatic rings. The smallest absolute Gasteiger partial charge is 0.395 e. The molecule has 86 valence electrons. The molecule has 1 aromatic rings. The first kappa shape index (κ1) is 12.0. The lowest BCUT2D eigenvalue weighted by Gasteiger charge is -2.06. The fourth-order valence-corrected chi connectivity index (χ4v) is 1.14. The molecule has 0 saturated carbocycles. The van der Waals surface area contributed by atoms with Crippen LogP contribution >= 0.6 is 0 Å². The third-order valence-corrected chi connectivity index (χ3v) is 1.75. The van der Waals surface area contributed by atoms with Crippen molar-refractivity contribution in [3.05, 3.63) is 18.2 Å². The number of rotatable bonds is 4. The maximum absolute atomic E-state index is 12.0. The number of nitrogens with two attached hydrogens (primary N) is 1. The summed E-state index contributed by atoms with van der Waals surface area (Å²) in [6.07, 6.45) is -1.60. The van der Waals surface area contributed by atoms with E-state index in [1.165, 1.54) is 6.20 Å². The second-order valence-electron chi connectivity index (χ2n) is 3.30. The molecule has 0 saturated heterocycles. The molecule has 0 radical (unpaired) electrons. The SMILES string of the molecule is N[C@H](CO)Cc1cn(CC(F)(F)F)cn1. The van der Waals surface area contributed by atoms with E-state index in [0.717, 1.165) is 10.9 Å². The molecule has 1 aromatic heterocycles. The summed E-state index contributed by atoms with van der Waals surface area (Å²) in [4.78, 5) is 3.76. The van der Waals surface area contributed by atoms with E-state index >= 15 is 0 Å². The molecule has 4 nitrogen and oxygen atoms in total. The summed E-state index contributed by atoms with van der Waals surface area (Å²) in [5, 5.41) is 8.65. The molecule has 7 heteroatoms. The molecule has 15 heavy (non-hydrogen) atoms. The van der Waals surface area contributed by atoms with Crippen LogP contribution in [-0.2, 0) is 13.0 Å². The molecule has 0 amide bonds. The van der Waals surface area contributed by atoms with E-state index in [9.17, 15) is 13.2 Å². The summed E-state index contributed by atoms with van der Waals surface area (Å²) in [5.74, 6) is 0. The Bertz CT molecular complexity index is 310. The quantitative estimate of drug-likeness (QED) is 0.772. The minimum absolute atomic E-state index is 0.216. The molecule has 0 bridgehead atoms. The molecule has 0 fully saturated rings. The van der Waals surface area contributed by atoms with Crippen LogP contribution in [0.1, 0.15) is 5.69 Å². The number of aromatic nitrogens is 2. The molecule has 1 rings (SSSR count). The highest BCUT2D eigenvalue weighted by Crippen LogP contribution is 2.17. The van der Waals surface area contributed by atoms with Gasteiger partial charge in [-0.15, -0.1) is 0 Å². The summed E-state index contributed by atoms with van der Waals surface area (Å²) in [7, 11) is 0. The predicted octanol–water partition coefficient (Wildman–Crippen LogP) is 0.307. The van der Waals surface area contributed by atoms with Crippen LogP contribution < -0.4 is 5.73 Å². The van der Waals surface area contributed by atoms with Crippen molar-refractivity contribution in [2.45, 2.75) is 25.2 Å². The first-order chi connectivity index (χ1) is 6.90. The van der Waals surface area contributed by atoms with Crippen LogP contribution in [0.4, 0.5) is 13.2 Å². The van der Waals surface area contributed by atoms with Gasteiger partial charge in [-0.25, -0.2) is 4.98 Å². The van der Waals surface area contributed by atoms with Gasteiger partial charge in [0.15, 0.2) is 0 Å². The highest BCUT2D eigenvalue weighted by molar-refractivity contribution is 4.99. The molecule has 0 aliphatic carbocycles. The monoisotopic (exact) mass is 223 g/mol. The van der Waals surface area contributed by atoms with Crippen LogP contribution in [0.15, 0.2) is 12.5 Å². The minimum atomic E-state index is -4.25. The molecular weight excluding hydrogens is 211 g/mol. The number of alkyl halides is 3. The number of aliphatic hydroxyl groups excluding tert-OH is 1. The zero-order chi connectivity index (χ0) is 11.5. The van der Waals surface area contributed by atoms with Crippen molar-refractivity contribution in [2.24, 2.45) is 5.73 Å². The van der Waals surface area contributed by atoms with Gasteiger partial charge in [0.1, 0.15) is 6.54 Å². The lowest BCUT2D eigenvalue weighted by atomic mass is 10.2. The van der Waals surface area contributed by atoms with Crippen molar-refractivity contribution in [3.8, 4) is 0 Å². The van der Waals surface area contributed by atoms with Gasteiger partial charge >= 0.3 is 6.18 Å². The number of halogens is 3. The van der Waals surface area contributed by atoms with E-state index in [-0.39, 0.29) is 13.0 Å². The lowest BCUT2D eigenvalue weighted by molar-refractivity contribution is -0.140. The van der Waals surface area contributed by atoms with Gasteiger partial charge in [0, 0.05) is 18.7 Å². The van der Waals surface area contributed by atoms with E-state index in [2.05, 4.69) is 4.98 Å². The first-order valence-electron chi connectivity index (χ1n) is 4.34. The van der Waals surface area contributed by atoms with E-state index in [1.54, 1.807) is 0 Å². The average Bonchev–Trinajstić information content (AvgIpc) is 2.49. The van der Waals surface area contributed by atoms with Crippen molar-refractivity contribution in [1.82, 2.24) is 9.55 Å². The van der Waals surface area contributed by atoms with Crippen molar-refractivity contribution < 1.29 is 18.3 Å². The largest absolute Gasteiger partial charge is 0.406 e. The molecular formula is C8H12F3N3O. The van der Waals surface area contributed by atoms with Gasteiger partial charge in [-0.1, -0.05) is 0 Å². The summed E-state index contributed by atoms with van der Waals surface area (Å²) in [6.45, 7) is -1.28. The minimum Gasteiger partial charge on any atom is -0.395 e. The summed E-state index contributed by atoms with van der Waals surface area (Å²) < 4.78 is 36.8. The molecule has 3 N–H and O–H groups in total. The Kier molecular flexibility index (Phi) is 3.70. The molecule has 0 aromatic carbocycles. The Morgan fingerprint density at radius 1 is 1.53 bits per heavy atom. The van der Waals surface area contributed by atoms with Crippen LogP contribution in [0.3, 0.4) is 0 Å². The van der Waals surface area contributed by atoms with Gasteiger partial charge in [0.25, 0.3) is 0 Å². The number of nitrogens with zero attached hydrogens (tertiary/aromatic N) is 2. The van der Waals surface area contributed by atoms with Crippen molar-refractivity contribution >= 4 is 0 Å². The zero-order valence-corrected chi connectivity index (χ0v) is 7.91. The van der Waals surface area contributed by atoms with E-state index in [4.69, 9.17) is 10.8 Å². The van der Waals surface area contributed by atoms with E-state index in [1.807, 2.05) is 0 Å². The summed E-state index contributed by atoms with van der Waals surface area (Å²) in [6, 6.07) is -0.487. The standard InChI is InChI=1S/C8H12F3N3O/c9-8(10,11)4-14-2-7(13-5-14)1-6(12)3-15/h2,5-6,15H,1,3-4,12H2/t6-/m0/s1. The van der Waals surface area contributed by atoms with Gasteiger partial charge in [-0.3, -0.25) is 0 Å². The maximum Gasteiger partial charge on any atom is 0.406 e. The fraction of sp³-hybridized carbons (Fsp3) is 0.625. The van der Waals surface area contributed by atoms with Gasteiger partial charge in [-0.05, 0) is 0 Å². The third-order valence-electron chi connectivity index (χ3n) is 1.75. The zero-order valence-electron chi connectivity index (χ0n) is 7.91. The second kappa shape index (κ2) is 4.63. The lowest BCUT2D eigenvalue weighted by Crippen LogP contribution is -2.26. The molecule has 0 unspecified atom stereocenters. The topological polar surface area (TPSA) is 64.1 Å². The average molecular weight is 223 g/mol. The Morgan fingerprint density at radius 2 is 2.20 bits per heavy atom. The summed E-state index contributed by atoms with van der Waals surface area (Å²) in [5.41, 5.74) is 5.87. The molecule has 0 spiro atoms. The Morgan fingerprint density at radius 3 is 2.73 bits per heavy atom. The van der Waals surface area contributed by atoms with Crippen molar-refractivity contribution in [3.63, 3.8) is 0 Å². The highest BCUT2D eigenvalue weighted by Gasteiger charge is 2.27. The van der Waals surface area contributed by atoms with Gasteiger partial charge < -0.3 is 15.4 Å². The predicted molar refractivity (Wildman–Crippen MR) is 47.0 cm³/mol. The van der Waals surface area contributed by atoms with E-state index in [0.29, 0.717) is 5.69 Å². The molecule has 1 atom stereocenters. The van der Waals surface area contributed by atoms with Gasteiger partial charge in [0.2, 0.25) is 0 Å². The van der Waals surface area contributed by atoms with Crippen LogP contribution in [0.2, 0.25) is 0 Å². The van der Waals surface area contributed by atoms with Crippen LogP contribution in [0, 0.1) is 0 Å². The Hall–Kier alpha value is -1.08. The number of aliphatic hydroxyl groups is 1. The summed E-state index contributed by atoms with van der Waals surface area (Å²) >= 11 is 0. The van der Waals surface area contributed by atoms with Crippen LogP contribution in [0.25, 0.3) is 0 Å². The van der Waals surface area contributed by atoms with Gasteiger partial charge in [0.05, 0.1) is 18.6 Å². The highest BCUT2D eigenvalue weighted by atomic mass is 19.4. The Balaban J connectivity index is 2.56. The number of hydrogen-bond donors (Lipinski definition) is 2. The van der Waals surface area contributed by atoms with Crippen LogP contribution in [-0.4, -0.2) is 33.5 Å². The number of imidazole rings is 1. The van der Waals surface area contributed by atoms with Gasteiger partial charge in [-0.2, -0.15) is 13.2 Å². The van der Waals surface area contributed by atoms with Crippen molar-refractivity contribution in [2.75, 3.05) is 6.61 Å². The third kappa shape index (κ3) is 4.30. The fourth-order valence-electron chi connectivity index (χ4n) is 1.14. The van der Waals surface area contributed by atoms with E-state index < -0.39 is 18.8 Å². The number of hydrogen-bond acceptors (Lipinski definition) is 3. The van der Waals surface area contributed by atoms with Crippen molar-refractivity contribution in [1.29, 1.82) is 0 Å². The maximum atomic E-state index is 12.0. The normalized spacial score (nSPS) is 14.2. The first-order valence-corrected chi connectivity index (χ1v) is 4.34. The molecule has 1 heterocycles. The Labute approximate surface area is 84.5 Å². The van der Waals surface area contributed by atoms with Crippen LogP contribution in [0.5, 0.6) is 0 Å².